The highest BCUT2D eigenvalue weighted by Crippen LogP contribution is 2.27. The number of carbonyl (C=O) groups is 1. The Morgan fingerprint density at radius 1 is 1.28 bits per heavy atom. The van der Waals surface area contributed by atoms with Crippen LogP contribution in [0.4, 0.5) is 11.4 Å². The summed E-state index contributed by atoms with van der Waals surface area (Å²) in [5.41, 5.74) is 2.27. The van der Waals surface area contributed by atoms with Crippen molar-refractivity contribution in [1.29, 1.82) is 0 Å². The zero-order valence-electron chi connectivity index (χ0n) is 13.9. The normalized spacial score (nSPS) is 14.6. The Hall–Kier alpha value is -2.87. The minimum atomic E-state index is -0.412. The molecular formula is C17H19N3O5. The van der Waals surface area contributed by atoms with Crippen LogP contribution in [0.2, 0.25) is 0 Å². The Balaban J connectivity index is 1.72. The molecule has 0 aliphatic carbocycles. The number of nitrogens with zero attached hydrogens (tertiary/aromatic N) is 3. The third kappa shape index (κ3) is 3.63. The molecule has 25 heavy (non-hydrogen) atoms. The van der Waals surface area contributed by atoms with Crippen LogP contribution in [0.1, 0.15) is 15.9 Å². The van der Waals surface area contributed by atoms with E-state index in [1.807, 2.05) is 0 Å². The van der Waals surface area contributed by atoms with Crippen LogP contribution in [-0.4, -0.2) is 49.0 Å². The van der Waals surface area contributed by atoms with Crippen LogP contribution in [0.5, 0.6) is 0 Å². The lowest BCUT2D eigenvalue weighted by Gasteiger charge is -2.36. The van der Waals surface area contributed by atoms with Crippen molar-refractivity contribution < 1.29 is 18.9 Å². The number of non-ortho nitro benzene ring substituents is 1. The summed E-state index contributed by atoms with van der Waals surface area (Å²) in [4.78, 5) is 26.8. The van der Waals surface area contributed by atoms with Crippen molar-refractivity contribution in [1.82, 2.24) is 4.90 Å². The summed E-state index contributed by atoms with van der Waals surface area (Å²) < 4.78 is 10.1. The van der Waals surface area contributed by atoms with Crippen LogP contribution in [0, 0.1) is 10.1 Å². The zero-order chi connectivity index (χ0) is 17.8. The molecule has 2 heterocycles. The summed E-state index contributed by atoms with van der Waals surface area (Å²) in [6.45, 7) is 2.75. The zero-order valence-corrected chi connectivity index (χ0v) is 13.9. The highest BCUT2D eigenvalue weighted by molar-refractivity contribution is 5.94. The van der Waals surface area contributed by atoms with E-state index in [9.17, 15) is 14.9 Å². The van der Waals surface area contributed by atoms with Crippen LogP contribution in [-0.2, 0) is 11.3 Å². The molecule has 1 aliphatic rings. The highest BCUT2D eigenvalue weighted by atomic mass is 16.6. The summed E-state index contributed by atoms with van der Waals surface area (Å²) >= 11 is 0. The van der Waals surface area contributed by atoms with Crippen molar-refractivity contribution in [2.45, 2.75) is 6.61 Å². The fourth-order valence-corrected chi connectivity index (χ4v) is 2.98. The second kappa shape index (κ2) is 7.35. The largest absolute Gasteiger partial charge is 0.472 e. The number of benzene rings is 1. The van der Waals surface area contributed by atoms with Gasteiger partial charge in [0.25, 0.3) is 11.6 Å². The van der Waals surface area contributed by atoms with Crippen LogP contribution < -0.4 is 4.90 Å². The first-order valence-corrected chi connectivity index (χ1v) is 7.93. The molecule has 0 N–H and O–H groups in total. The van der Waals surface area contributed by atoms with Crippen molar-refractivity contribution in [2.24, 2.45) is 0 Å². The van der Waals surface area contributed by atoms with Crippen LogP contribution in [0.15, 0.2) is 41.2 Å². The van der Waals surface area contributed by atoms with Gasteiger partial charge in [-0.1, -0.05) is 0 Å². The minimum absolute atomic E-state index is 0.0459. The Morgan fingerprint density at radius 3 is 2.64 bits per heavy atom. The van der Waals surface area contributed by atoms with Gasteiger partial charge in [-0.05, 0) is 12.1 Å². The lowest BCUT2D eigenvalue weighted by Crippen LogP contribution is -2.49. The number of methoxy groups -OCH3 is 1. The number of nitro groups is 1. The first-order valence-electron chi connectivity index (χ1n) is 7.93. The molecule has 2 aromatic rings. The number of hydrogen-bond donors (Lipinski definition) is 0. The number of furan rings is 1. The van der Waals surface area contributed by atoms with E-state index < -0.39 is 4.92 Å². The smallest absolute Gasteiger partial charge is 0.269 e. The fraction of sp³-hybridized carbons (Fsp3) is 0.353. The molecule has 8 heteroatoms. The predicted octanol–water partition coefficient (Wildman–Crippen LogP) is 2.30. The van der Waals surface area contributed by atoms with E-state index in [1.54, 1.807) is 30.2 Å². The van der Waals surface area contributed by atoms with Gasteiger partial charge >= 0.3 is 0 Å². The van der Waals surface area contributed by atoms with E-state index in [4.69, 9.17) is 9.15 Å². The average molecular weight is 345 g/mol. The molecule has 0 radical (unpaired) electrons. The van der Waals surface area contributed by atoms with Gasteiger partial charge in [-0.15, -0.1) is 0 Å². The Morgan fingerprint density at radius 2 is 2.04 bits per heavy atom. The molecule has 3 rings (SSSR count). The van der Waals surface area contributed by atoms with E-state index in [0.717, 1.165) is 11.3 Å². The molecule has 1 fully saturated rings. The van der Waals surface area contributed by atoms with E-state index in [2.05, 4.69) is 4.90 Å². The van der Waals surface area contributed by atoms with E-state index in [1.165, 1.54) is 18.6 Å². The number of rotatable bonds is 5. The van der Waals surface area contributed by atoms with Crippen molar-refractivity contribution in [2.75, 3.05) is 38.2 Å². The van der Waals surface area contributed by atoms with Gasteiger partial charge in [0.15, 0.2) is 0 Å². The Bertz CT molecular complexity index is 752. The molecule has 1 aliphatic heterocycles. The van der Waals surface area contributed by atoms with Gasteiger partial charge in [-0.3, -0.25) is 14.9 Å². The van der Waals surface area contributed by atoms with Crippen molar-refractivity contribution >= 4 is 17.3 Å². The van der Waals surface area contributed by atoms with E-state index >= 15 is 0 Å². The maximum atomic E-state index is 12.3. The Kier molecular flexibility index (Phi) is 4.99. The molecule has 0 spiro atoms. The van der Waals surface area contributed by atoms with Crippen LogP contribution in [0.25, 0.3) is 0 Å². The molecule has 0 bridgehead atoms. The SMILES string of the molecule is COCc1cc([N+](=O)[O-])ccc1N1CCN(C(=O)c2ccoc2)CC1. The van der Waals surface area contributed by atoms with Crippen molar-refractivity contribution in [3.8, 4) is 0 Å². The molecule has 1 saturated heterocycles. The van der Waals surface area contributed by atoms with Gasteiger partial charge in [-0.25, -0.2) is 0 Å². The van der Waals surface area contributed by atoms with Gasteiger partial charge in [-0.2, -0.15) is 0 Å². The molecule has 0 saturated carbocycles. The molecule has 132 valence electrons. The maximum absolute atomic E-state index is 12.3. The van der Waals surface area contributed by atoms with Gasteiger partial charge < -0.3 is 19.0 Å². The molecule has 1 aromatic heterocycles. The topological polar surface area (TPSA) is 89.1 Å². The molecule has 1 aromatic carbocycles. The van der Waals surface area contributed by atoms with Crippen molar-refractivity contribution in [3.05, 3.63) is 58.0 Å². The highest BCUT2D eigenvalue weighted by Gasteiger charge is 2.24. The Labute approximate surface area is 144 Å². The number of ether oxygens (including phenoxy) is 1. The van der Waals surface area contributed by atoms with Gasteiger partial charge in [0.05, 0.1) is 23.4 Å². The third-order valence-corrected chi connectivity index (χ3v) is 4.25. The first-order chi connectivity index (χ1) is 12.1. The minimum Gasteiger partial charge on any atom is -0.472 e. The number of carbonyl (C=O) groups excluding carboxylic acids is 1. The maximum Gasteiger partial charge on any atom is 0.269 e. The number of amides is 1. The summed E-state index contributed by atoms with van der Waals surface area (Å²) in [6, 6.07) is 6.45. The summed E-state index contributed by atoms with van der Waals surface area (Å²) in [7, 11) is 1.56. The predicted molar refractivity (Wildman–Crippen MR) is 90.6 cm³/mol. The van der Waals surface area contributed by atoms with Gasteiger partial charge in [0.1, 0.15) is 6.26 Å². The molecule has 0 atom stereocenters. The molecule has 8 nitrogen and oxygen atoms in total. The van der Waals surface area contributed by atoms with Gasteiger partial charge in [0, 0.05) is 56.7 Å². The summed E-state index contributed by atoms with van der Waals surface area (Å²) in [5.74, 6) is -0.0470. The molecular weight excluding hydrogens is 326 g/mol. The first kappa shape index (κ1) is 17.0. The quantitative estimate of drug-likeness (QED) is 0.610. The molecule has 1 amide bonds. The van der Waals surface area contributed by atoms with Crippen LogP contribution in [0.3, 0.4) is 0 Å². The molecule has 0 unspecified atom stereocenters. The standard InChI is InChI=1S/C17H19N3O5/c1-24-11-14-10-15(20(22)23)2-3-16(14)18-5-7-19(8-6-18)17(21)13-4-9-25-12-13/h2-4,9-10,12H,5-8,11H2,1H3. The van der Waals surface area contributed by atoms with Crippen LogP contribution >= 0.6 is 0 Å². The number of anilines is 1. The number of nitro benzene ring substituents is 1. The lowest BCUT2D eigenvalue weighted by atomic mass is 10.1. The second-order valence-corrected chi connectivity index (χ2v) is 5.79. The number of hydrogen-bond acceptors (Lipinski definition) is 6. The average Bonchev–Trinajstić information content (AvgIpc) is 3.16. The summed E-state index contributed by atoms with van der Waals surface area (Å²) in [6.07, 6.45) is 2.93. The van der Waals surface area contributed by atoms with E-state index in [0.29, 0.717) is 38.3 Å². The van der Waals surface area contributed by atoms with Gasteiger partial charge in [0.2, 0.25) is 0 Å². The lowest BCUT2D eigenvalue weighted by molar-refractivity contribution is -0.384. The monoisotopic (exact) mass is 345 g/mol. The fourth-order valence-electron chi connectivity index (χ4n) is 2.98. The second-order valence-electron chi connectivity index (χ2n) is 5.79. The summed E-state index contributed by atoms with van der Waals surface area (Å²) in [5, 5.41) is 11.0. The van der Waals surface area contributed by atoms with E-state index in [-0.39, 0.29) is 11.6 Å². The number of piperazine rings is 1. The van der Waals surface area contributed by atoms with Crippen molar-refractivity contribution in [3.63, 3.8) is 0 Å². The third-order valence-electron chi connectivity index (χ3n) is 4.25.